The number of hydrogen-bond acceptors (Lipinski definition) is 7. The van der Waals surface area contributed by atoms with Gasteiger partial charge in [0, 0.05) is 0 Å². The van der Waals surface area contributed by atoms with Crippen LogP contribution in [-0.4, -0.2) is 49.6 Å². The van der Waals surface area contributed by atoms with E-state index in [9.17, 15) is 9.59 Å². The van der Waals surface area contributed by atoms with Gasteiger partial charge in [0.05, 0.1) is 50.3 Å². The van der Waals surface area contributed by atoms with Crippen LogP contribution in [0, 0.1) is 0 Å². The summed E-state index contributed by atoms with van der Waals surface area (Å²) in [4.78, 5) is 27.0. The molecule has 0 saturated carbocycles. The van der Waals surface area contributed by atoms with Crippen molar-refractivity contribution in [1.82, 2.24) is 10.6 Å². The van der Waals surface area contributed by atoms with Crippen LogP contribution in [0.15, 0.2) is 133 Å². The van der Waals surface area contributed by atoms with Gasteiger partial charge in [-0.25, -0.2) is 9.59 Å². The Hall–Kier alpha value is -4.80. The van der Waals surface area contributed by atoms with Gasteiger partial charge in [0.25, 0.3) is 0 Å². The third-order valence-electron chi connectivity index (χ3n) is 8.29. The first kappa shape index (κ1) is 33.1. The van der Waals surface area contributed by atoms with E-state index in [4.69, 9.17) is 23.7 Å². The van der Waals surface area contributed by atoms with E-state index in [1.54, 1.807) is 6.92 Å². The maximum absolute atomic E-state index is 13.7. The molecule has 2 heterocycles. The average Bonchev–Trinajstić information content (AvgIpc) is 3.48. The quantitative estimate of drug-likeness (QED) is 0.161. The van der Waals surface area contributed by atoms with E-state index >= 15 is 0 Å². The summed E-state index contributed by atoms with van der Waals surface area (Å²) < 4.78 is 31.8. The van der Waals surface area contributed by atoms with Gasteiger partial charge < -0.3 is 34.3 Å². The lowest BCUT2D eigenvalue weighted by Crippen LogP contribution is -2.51. The molecule has 5 atom stereocenters. The Kier molecular flexibility index (Phi) is 11.3. The van der Waals surface area contributed by atoms with Crippen molar-refractivity contribution in [3.05, 3.63) is 155 Å². The topological polar surface area (TPSA) is 104 Å². The van der Waals surface area contributed by atoms with Crippen LogP contribution in [0.4, 0.5) is 4.79 Å². The average molecular weight is 649 g/mol. The summed E-state index contributed by atoms with van der Waals surface area (Å²) in [6.45, 7) is 3.02. The second-order valence-corrected chi connectivity index (χ2v) is 11.6. The van der Waals surface area contributed by atoms with Gasteiger partial charge in [-0.3, -0.25) is 0 Å². The van der Waals surface area contributed by atoms with Gasteiger partial charge in [0.2, 0.25) is 0 Å². The summed E-state index contributed by atoms with van der Waals surface area (Å²) in [5.74, 6) is -0.565. The summed E-state index contributed by atoms with van der Waals surface area (Å²) in [7, 11) is 0. The Morgan fingerprint density at radius 2 is 1.23 bits per heavy atom. The highest BCUT2D eigenvalue weighted by Gasteiger charge is 2.51. The molecule has 9 heteroatoms. The van der Waals surface area contributed by atoms with Crippen molar-refractivity contribution >= 4 is 12.0 Å². The van der Waals surface area contributed by atoms with Crippen LogP contribution in [0.1, 0.15) is 35.2 Å². The van der Waals surface area contributed by atoms with E-state index < -0.39 is 42.5 Å². The van der Waals surface area contributed by atoms with Crippen LogP contribution in [0.5, 0.6) is 0 Å². The number of benzene rings is 4. The van der Waals surface area contributed by atoms with Crippen molar-refractivity contribution in [3.8, 4) is 0 Å². The highest BCUT2D eigenvalue weighted by molar-refractivity contribution is 5.95. The third kappa shape index (κ3) is 8.18. The highest BCUT2D eigenvalue weighted by atomic mass is 16.6. The largest absolute Gasteiger partial charge is 0.463 e. The van der Waals surface area contributed by atoms with Gasteiger partial charge in [0.15, 0.2) is 0 Å². The van der Waals surface area contributed by atoms with E-state index in [2.05, 4.69) is 10.6 Å². The van der Waals surface area contributed by atoms with Gasteiger partial charge in [-0.15, -0.1) is 0 Å². The number of carbonyl (C=O) groups is 2. The zero-order valence-corrected chi connectivity index (χ0v) is 26.8. The fourth-order valence-corrected chi connectivity index (χ4v) is 6.02. The molecule has 4 aromatic carbocycles. The molecule has 0 aliphatic carbocycles. The van der Waals surface area contributed by atoms with Crippen LogP contribution >= 0.6 is 0 Å². The molecular weight excluding hydrogens is 608 g/mol. The molecule has 2 aliphatic rings. The van der Waals surface area contributed by atoms with Gasteiger partial charge >= 0.3 is 12.0 Å². The molecular formula is C39H40N2O7. The maximum atomic E-state index is 13.7. The lowest BCUT2D eigenvalue weighted by atomic mass is 9.91. The van der Waals surface area contributed by atoms with Gasteiger partial charge in [-0.1, -0.05) is 121 Å². The van der Waals surface area contributed by atoms with Crippen LogP contribution < -0.4 is 10.6 Å². The second kappa shape index (κ2) is 16.3. The van der Waals surface area contributed by atoms with Crippen molar-refractivity contribution in [2.75, 3.05) is 13.2 Å². The first-order chi connectivity index (χ1) is 23.6. The highest BCUT2D eigenvalue weighted by Crippen LogP contribution is 2.37. The van der Waals surface area contributed by atoms with E-state index in [1.807, 2.05) is 121 Å². The molecule has 4 aromatic rings. The molecule has 0 spiro atoms. The summed E-state index contributed by atoms with van der Waals surface area (Å²) >= 11 is 0. The number of nitrogens with one attached hydrogen (secondary N) is 2. The predicted octanol–water partition coefficient (Wildman–Crippen LogP) is 6.01. The molecule has 2 N–H and O–H groups in total. The number of esters is 1. The lowest BCUT2D eigenvalue weighted by Gasteiger charge is -2.33. The zero-order valence-electron chi connectivity index (χ0n) is 26.8. The number of rotatable bonds is 14. The summed E-state index contributed by atoms with van der Waals surface area (Å²) in [5.41, 5.74) is 4.22. The Labute approximate surface area is 280 Å². The zero-order chi connectivity index (χ0) is 33.1. The van der Waals surface area contributed by atoms with Crippen LogP contribution in [0.3, 0.4) is 0 Å². The molecule has 1 fully saturated rings. The monoisotopic (exact) mass is 648 g/mol. The molecule has 0 bridgehead atoms. The Morgan fingerprint density at radius 1 is 0.708 bits per heavy atom. The van der Waals surface area contributed by atoms with Gasteiger partial charge in [0.1, 0.15) is 24.4 Å². The number of amides is 2. The summed E-state index contributed by atoms with van der Waals surface area (Å²) in [6, 6.07) is 37.6. The standard InChI is InChI=1S/C39H40N2O7/c1-2-45-38(42)32-33(30-21-13-6-14-22-30)40-39(43)41-34(32)36-37(47-25-29-19-11-5-12-20-29)35(46-24-28-17-9-4-10-18-28)31(48-36)26-44-23-27-15-7-3-8-16-27/h3-22,31,33,35-37H,2,23-26H2,1H3,(H2,40,41,43)/t31-,33-,35-,36+,37-/m1/s1. The van der Waals surface area contributed by atoms with E-state index in [0.717, 1.165) is 22.3 Å². The number of urea groups is 1. The normalized spacial score (nSPS) is 22.2. The molecule has 48 heavy (non-hydrogen) atoms. The third-order valence-corrected chi connectivity index (χ3v) is 8.29. The van der Waals surface area contributed by atoms with Gasteiger partial charge in [-0.2, -0.15) is 0 Å². The van der Waals surface area contributed by atoms with Crippen LogP contribution in [0.25, 0.3) is 0 Å². The smallest absolute Gasteiger partial charge is 0.338 e. The fraction of sp³-hybridized carbons (Fsp3) is 0.282. The molecule has 0 aromatic heterocycles. The first-order valence-electron chi connectivity index (χ1n) is 16.2. The molecule has 2 aliphatic heterocycles. The first-order valence-corrected chi connectivity index (χ1v) is 16.2. The number of ether oxygens (including phenoxy) is 5. The molecule has 1 saturated heterocycles. The van der Waals surface area contributed by atoms with Gasteiger partial charge in [-0.05, 0) is 29.2 Å². The minimum absolute atomic E-state index is 0.156. The predicted molar refractivity (Wildman–Crippen MR) is 179 cm³/mol. The molecule has 0 radical (unpaired) electrons. The van der Waals surface area contributed by atoms with Crippen LogP contribution in [-0.2, 0) is 48.3 Å². The SMILES string of the molecule is CCOC(=O)C1=C([C@@H]2O[C@H](COCc3ccccc3)[C@@H](OCc3ccccc3)[C@H]2OCc2ccccc2)NC(=O)N[C@@H]1c1ccccc1. The Balaban J connectivity index is 1.38. The second-order valence-electron chi connectivity index (χ2n) is 11.6. The molecule has 248 valence electrons. The van der Waals surface area contributed by atoms with Crippen molar-refractivity contribution < 1.29 is 33.3 Å². The Bertz CT molecular complexity index is 1650. The fourth-order valence-electron chi connectivity index (χ4n) is 6.02. The Morgan fingerprint density at radius 3 is 1.79 bits per heavy atom. The number of carbonyl (C=O) groups excluding carboxylic acids is 2. The van der Waals surface area contributed by atoms with E-state index in [1.165, 1.54) is 0 Å². The van der Waals surface area contributed by atoms with Crippen LogP contribution in [0.2, 0.25) is 0 Å². The van der Waals surface area contributed by atoms with E-state index in [-0.39, 0.29) is 31.1 Å². The minimum Gasteiger partial charge on any atom is -0.463 e. The van der Waals surface area contributed by atoms with Crippen molar-refractivity contribution in [3.63, 3.8) is 0 Å². The maximum Gasteiger partial charge on any atom is 0.338 e. The van der Waals surface area contributed by atoms with Crippen molar-refractivity contribution in [1.29, 1.82) is 0 Å². The molecule has 0 unspecified atom stereocenters. The van der Waals surface area contributed by atoms with Crippen molar-refractivity contribution in [2.45, 2.75) is 57.2 Å². The summed E-state index contributed by atoms with van der Waals surface area (Å²) in [6.07, 6.45) is -2.83. The summed E-state index contributed by atoms with van der Waals surface area (Å²) in [5, 5.41) is 5.81. The molecule has 6 rings (SSSR count). The minimum atomic E-state index is -0.892. The lowest BCUT2D eigenvalue weighted by molar-refractivity contribution is -0.139. The van der Waals surface area contributed by atoms with Crippen molar-refractivity contribution in [2.24, 2.45) is 0 Å². The molecule has 2 amide bonds. The molecule has 9 nitrogen and oxygen atoms in total. The number of hydrogen-bond donors (Lipinski definition) is 2. The van der Waals surface area contributed by atoms with E-state index in [0.29, 0.717) is 13.2 Å².